The number of hydrazone groups is 1. The molecule has 0 saturated carbocycles. The summed E-state index contributed by atoms with van der Waals surface area (Å²) in [7, 11) is 0. The number of nitrogens with zero attached hydrogens (tertiary/aromatic N) is 1. The molecule has 0 heterocycles. The summed E-state index contributed by atoms with van der Waals surface area (Å²) in [5.74, 6) is 1.19. The Bertz CT molecular complexity index is 826. The molecule has 3 N–H and O–H groups in total. The SMILES string of the molecule is Cc1ccc(C)c(OCCOc2c(Cl)cc(Cl)cc2C=NNC(N)=O)c1. The molecule has 0 atom stereocenters. The van der Waals surface area contributed by atoms with Crippen LogP contribution in [-0.2, 0) is 0 Å². The summed E-state index contributed by atoms with van der Waals surface area (Å²) < 4.78 is 11.5. The zero-order chi connectivity index (χ0) is 19.1. The van der Waals surface area contributed by atoms with Gasteiger partial charge in [0.05, 0.1) is 11.2 Å². The first kappa shape index (κ1) is 19.9. The van der Waals surface area contributed by atoms with E-state index in [1.807, 2.05) is 32.0 Å². The van der Waals surface area contributed by atoms with E-state index in [0.29, 0.717) is 28.0 Å². The van der Waals surface area contributed by atoms with Crippen LogP contribution in [0.25, 0.3) is 0 Å². The summed E-state index contributed by atoms with van der Waals surface area (Å²) in [5, 5.41) is 4.44. The van der Waals surface area contributed by atoms with Gasteiger partial charge in [-0.1, -0.05) is 35.3 Å². The van der Waals surface area contributed by atoms with E-state index in [1.54, 1.807) is 12.1 Å². The smallest absolute Gasteiger partial charge is 0.332 e. The van der Waals surface area contributed by atoms with Crippen molar-refractivity contribution < 1.29 is 14.3 Å². The van der Waals surface area contributed by atoms with Crippen LogP contribution in [0, 0.1) is 13.8 Å². The number of nitrogens with two attached hydrogens (primary N) is 1. The van der Waals surface area contributed by atoms with E-state index in [1.165, 1.54) is 6.21 Å². The maximum atomic E-state index is 10.7. The van der Waals surface area contributed by atoms with E-state index >= 15 is 0 Å². The highest BCUT2D eigenvalue weighted by Crippen LogP contribution is 2.31. The number of nitrogens with one attached hydrogen (secondary N) is 1. The summed E-state index contributed by atoms with van der Waals surface area (Å²) >= 11 is 12.2. The molecule has 0 aliphatic heterocycles. The van der Waals surface area contributed by atoms with Gasteiger partial charge in [0.25, 0.3) is 0 Å². The number of halogens is 2. The molecule has 2 aromatic rings. The molecular formula is C18H19Cl2N3O3. The summed E-state index contributed by atoms with van der Waals surface area (Å²) in [5.41, 5.74) is 9.74. The highest BCUT2D eigenvalue weighted by Gasteiger charge is 2.10. The minimum atomic E-state index is -0.779. The van der Waals surface area contributed by atoms with Crippen LogP contribution in [0.3, 0.4) is 0 Å². The van der Waals surface area contributed by atoms with Crippen LogP contribution in [0.15, 0.2) is 35.4 Å². The molecule has 0 radical (unpaired) electrons. The lowest BCUT2D eigenvalue weighted by atomic mass is 10.1. The zero-order valence-electron chi connectivity index (χ0n) is 14.4. The average Bonchev–Trinajstić information content (AvgIpc) is 2.56. The normalized spacial score (nSPS) is 10.8. The van der Waals surface area contributed by atoms with E-state index in [4.69, 9.17) is 38.4 Å². The zero-order valence-corrected chi connectivity index (χ0v) is 15.9. The van der Waals surface area contributed by atoms with Gasteiger partial charge in [-0.2, -0.15) is 5.10 Å². The topological polar surface area (TPSA) is 85.9 Å². The van der Waals surface area contributed by atoms with Crippen molar-refractivity contribution in [3.63, 3.8) is 0 Å². The molecule has 0 spiro atoms. The van der Waals surface area contributed by atoms with Crippen LogP contribution in [0.5, 0.6) is 11.5 Å². The molecule has 0 saturated heterocycles. The van der Waals surface area contributed by atoms with Gasteiger partial charge < -0.3 is 15.2 Å². The molecule has 2 aromatic carbocycles. The van der Waals surface area contributed by atoms with Gasteiger partial charge in [0.15, 0.2) is 0 Å². The van der Waals surface area contributed by atoms with Crippen molar-refractivity contribution >= 4 is 35.4 Å². The number of hydrogen-bond donors (Lipinski definition) is 2. The Morgan fingerprint density at radius 3 is 2.65 bits per heavy atom. The number of benzene rings is 2. The van der Waals surface area contributed by atoms with Crippen molar-refractivity contribution in [2.45, 2.75) is 13.8 Å². The fourth-order valence-electron chi connectivity index (χ4n) is 2.15. The first-order chi connectivity index (χ1) is 12.4. The summed E-state index contributed by atoms with van der Waals surface area (Å²) in [6, 6.07) is 8.39. The van der Waals surface area contributed by atoms with Crippen LogP contribution in [-0.4, -0.2) is 25.5 Å². The lowest BCUT2D eigenvalue weighted by Crippen LogP contribution is -2.24. The van der Waals surface area contributed by atoms with Gasteiger partial charge in [-0.15, -0.1) is 0 Å². The molecule has 6 nitrogen and oxygen atoms in total. The van der Waals surface area contributed by atoms with E-state index in [-0.39, 0.29) is 6.61 Å². The average molecular weight is 396 g/mol. The Morgan fingerprint density at radius 1 is 1.19 bits per heavy atom. The molecule has 0 fully saturated rings. The van der Waals surface area contributed by atoms with Gasteiger partial charge in [-0.05, 0) is 43.2 Å². The monoisotopic (exact) mass is 395 g/mol. The number of urea groups is 1. The Hall–Kier alpha value is -2.44. The van der Waals surface area contributed by atoms with Crippen LogP contribution >= 0.6 is 23.2 Å². The van der Waals surface area contributed by atoms with Gasteiger partial charge in [0, 0.05) is 10.6 Å². The maximum Gasteiger partial charge on any atom is 0.332 e. The molecule has 0 aliphatic carbocycles. The maximum absolute atomic E-state index is 10.7. The molecular weight excluding hydrogens is 377 g/mol. The number of amides is 2. The third-order valence-corrected chi connectivity index (χ3v) is 3.85. The van der Waals surface area contributed by atoms with Crippen molar-refractivity contribution in [3.8, 4) is 11.5 Å². The summed E-state index contributed by atoms with van der Waals surface area (Å²) in [6.07, 6.45) is 1.35. The van der Waals surface area contributed by atoms with Crippen LogP contribution < -0.4 is 20.6 Å². The Kier molecular flexibility index (Phi) is 7.12. The second-order valence-electron chi connectivity index (χ2n) is 5.51. The first-order valence-corrected chi connectivity index (χ1v) is 8.53. The minimum absolute atomic E-state index is 0.263. The van der Waals surface area contributed by atoms with Crippen LogP contribution in [0.2, 0.25) is 10.0 Å². The fourth-order valence-corrected chi connectivity index (χ4v) is 2.72. The van der Waals surface area contributed by atoms with Gasteiger partial charge in [0.2, 0.25) is 0 Å². The number of aryl methyl sites for hydroxylation is 2. The number of carbonyl (C=O) groups is 1. The quantitative estimate of drug-likeness (QED) is 0.420. The van der Waals surface area contributed by atoms with Gasteiger partial charge in [-0.3, -0.25) is 0 Å². The molecule has 26 heavy (non-hydrogen) atoms. The lowest BCUT2D eigenvalue weighted by Gasteiger charge is -2.13. The molecule has 2 amide bonds. The second kappa shape index (κ2) is 9.31. The van der Waals surface area contributed by atoms with E-state index < -0.39 is 6.03 Å². The molecule has 2 rings (SSSR count). The number of hydrogen-bond acceptors (Lipinski definition) is 4. The minimum Gasteiger partial charge on any atom is -0.490 e. The number of rotatable bonds is 7. The summed E-state index contributed by atoms with van der Waals surface area (Å²) in [4.78, 5) is 10.7. The third kappa shape index (κ3) is 5.82. The molecule has 0 unspecified atom stereocenters. The van der Waals surface area contributed by atoms with Crippen molar-refractivity contribution in [2.75, 3.05) is 13.2 Å². The van der Waals surface area contributed by atoms with Crippen molar-refractivity contribution in [1.29, 1.82) is 0 Å². The van der Waals surface area contributed by atoms with Crippen molar-refractivity contribution in [3.05, 3.63) is 57.1 Å². The first-order valence-electron chi connectivity index (χ1n) is 7.77. The molecule has 0 aromatic heterocycles. The predicted molar refractivity (Wildman–Crippen MR) is 104 cm³/mol. The molecule has 138 valence electrons. The fraction of sp³-hybridized carbons (Fsp3) is 0.222. The molecule has 0 aliphatic rings. The van der Waals surface area contributed by atoms with Gasteiger partial charge in [0.1, 0.15) is 24.7 Å². The Morgan fingerprint density at radius 2 is 1.92 bits per heavy atom. The van der Waals surface area contributed by atoms with Gasteiger partial charge >= 0.3 is 6.03 Å². The number of carbonyl (C=O) groups excluding carboxylic acids is 1. The summed E-state index contributed by atoms with van der Waals surface area (Å²) in [6.45, 7) is 4.58. The number of ether oxygens (including phenoxy) is 2. The van der Waals surface area contributed by atoms with E-state index in [0.717, 1.165) is 16.9 Å². The Labute approximate surface area is 161 Å². The van der Waals surface area contributed by atoms with Crippen LogP contribution in [0.1, 0.15) is 16.7 Å². The lowest BCUT2D eigenvalue weighted by molar-refractivity contribution is 0.216. The second-order valence-corrected chi connectivity index (χ2v) is 6.35. The predicted octanol–water partition coefficient (Wildman–Crippen LogP) is 4.07. The van der Waals surface area contributed by atoms with Crippen molar-refractivity contribution in [2.24, 2.45) is 10.8 Å². The van der Waals surface area contributed by atoms with Gasteiger partial charge in [-0.25, -0.2) is 10.2 Å². The number of primary amides is 1. The molecule has 8 heteroatoms. The van der Waals surface area contributed by atoms with Crippen LogP contribution in [0.4, 0.5) is 4.79 Å². The van der Waals surface area contributed by atoms with Crippen molar-refractivity contribution in [1.82, 2.24) is 5.43 Å². The third-order valence-electron chi connectivity index (χ3n) is 3.35. The highest BCUT2D eigenvalue weighted by molar-refractivity contribution is 6.36. The van der Waals surface area contributed by atoms with E-state index in [9.17, 15) is 4.79 Å². The highest BCUT2D eigenvalue weighted by atomic mass is 35.5. The van der Waals surface area contributed by atoms with E-state index in [2.05, 4.69) is 10.5 Å². The Balaban J connectivity index is 2.03. The largest absolute Gasteiger partial charge is 0.490 e. The standard InChI is InChI=1S/C18H19Cl2N3O3/c1-11-3-4-12(2)16(7-11)25-5-6-26-17-13(10-22-23-18(21)24)8-14(19)9-15(17)20/h3-4,7-10H,5-6H2,1-2H3,(H3,21,23,24). The molecule has 0 bridgehead atoms.